The van der Waals surface area contributed by atoms with Gasteiger partial charge in [0.25, 0.3) is 11.5 Å². The molecule has 0 atom stereocenters. The van der Waals surface area contributed by atoms with E-state index in [4.69, 9.17) is 0 Å². The van der Waals surface area contributed by atoms with Crippen LogP contribution >= 0.6 is 0 Å². The third-order valence-electron chi connectivity index (χ3n) is 4.39. The minimum absolute atomic E-state index is 0.0387. The number of nitrogens with zero attached hydrogens (tertiary/aromatic N) is 2. The van der Waals surface area contributed by atoms with Crippen molar-refractivity contribution in [2.75, 3.05) is 5.32 Å². The van der Waals surface area contributed by atoms with Crippen molar-refractivity contribution in [2.24, 2.45) is 5.10 Å². The van der Waals surface area contributed by atoms with Crippen molar-refractivity contribution in [2.45, 2.75) is 40.2 Å². The molecule has 0 unspecified atom stereocenters. The van der Waals surface area contributed by atoms with Crippen LogP contribution in [0.25, 0.3) is 11.0 Å². The number of aromatic nitrogens is 2. The van der Waals surface area contributed by atoms with Gasteiger partial charge in [-0.3, -0.25) is 9.59 Å². The summed E-state index contributed by atoms with van der Waals surface area (Å²) in [6.07, 6.45) is 0. The Morgan fingerprint density at radius 3 is 2.52 bits per heavy atom. The van der Waals surface area contributed by atoms with Gasteiger partial charge in [-0.05, 0) is 63.9 Å². The number of rotatable bonds is 4. The van der Waals surface area contributed by atoms with Gasteiger partial charge in [0.1, 0.15) is 0 Å². The Kier molecular flexibility index (Phi) is 5.50. The molecule has 3 rings (SSSR count). The van der Waals surface area contributed by atoms with Gasteiger partial charge in [0.05, 0.1) is 11.0 Å². The van der Waals surface area contributed by atoms with E-state index >= 15 is 0 Å². The van der Waals surface area contributed by atoms with Crippen LogP contribution in [0.2, 0.25) is 0 Å². The first-order valence-electron chi connectivity index (χ1n) is 9.37. The fourth-order valence-corrected chi connectivity index (χ4v) is 2.69. The van der Waals surface area contributed by atoms with E-state index in [1.165, 1.54) is 0 Å². The summed E-state index contributed by atoms with van der Waals surface area (Å²) in [5.74, 6) is -0.510. The van der Waals surface area contributed by atoms with Crippen LogP contribution in [0.4, 0.5) is 5.69 Å². The van der Waals surface area contributed by atoms with Gasteiger partial charge in [0.15, 0.2) is 11.4 Å². The summed E-state index contributed by atoms with van der Waals surface area (Å²) in [7, 11) is 0. The van der Waals surface area contributed by atoms with Gasteiger partial charge in [0.2, 0.25) is 0 Å². The molecular weight excluding hydrogens is 366 g/mol. The number of hydrogen-bond donors (Lipinski definition) is 3. The Bertz CT molecular complexity index is 1160. The Balaban J connectivity index is 2.08. The first-order chi connectivity index (χ1) is 13.7. The van der Waals surface area contributed by atoms with Crippen LogP contribution in [-0.4, -0.2) is 27.1 Å². The quantitative estimate of drug-likeness (QED) is 0.469. The molecule has 29 heavy (non-hydrogen) atoms. The number of carbonyl (C=O) groups is 1. The standard InChI is InChI=1S/C22H25N5O2/c1-13-9-8-12-15(14(13)2)24-21(29)19(26-27-22(3,4)5)18-20(28)25-17-11-7-6-10-16(17)23-18/h6-12,27H,1-5H3,(H,24,29)(H,25,28)/b26-19+. The van der Waals surface area contributed by atoms with Crippen molar-refractivity contribution < 1.29 is 4.79 Å². The molecule has 0 saturated heterocycles. The lowest BCUT2D eigenvalue weighted by molar-refractivity contribution is -0.110. The highest BCUT2D eigenvalue weighted by molar-refractivity contribution is 6.48. The fraction of sp³-hybridized carbons (Fsp3) is 0.273. The second-order valence-electron chi connectivity index (χ2n) is 7.96. The van der Waals surface area contributed by atoms with Crippen LogP contribution in [0, 0.1) is 13.8 Å². The van der Waals surface area contributed by atoms with E-state index < -0.39 is 17.0 Å². The first-order valence-corrected chi connectivity index (χ1v) is 9.37. The Morgan fingerprint density at radius 2 is 1.79 bits per heavy atom. The van der Waals surface area contributed by atoms with E-state index in [9.17, 15) is 9.59 Å². The zero-order chi connectivity index (χ0) is 21.2. The normalized spacial score (nSPS) is 12.1. The lowest BCUT2D eigenvalue weighted by atomic mass is 10.1. The molecule has 0 aliphatic heterocycles. The van der Waals surface area contributed by atoms with E-state index in [-0.39, 0.29) is 11.4 Å². The SMILES string of the molecule is Cc1cccc(NC(=O)/C(=N/NC(C)(C)C)c2nc3ccccc3[nH]c2=O)c1C. The number of fused-ring (bicyclic) bond motifs is 1. The Labute approximate surface area is 169 Å². The predicted molar refractivity (Wildman–Crippen MR) is 116 cm³/mol. The number of amides is 1. The van der Waals surface area contributed by atoms with Gasteiger partial charge >= 0.3 is 0 Å². The molecule has 1 amide bonds. The molecule has 3 N–H and O–H groups in total. The Hall–Kier alpha value is -3.48. The molecule has 0 spiro atoms. The van der Waals surface area contributed by atoms with Gasteiger partial charge in [-0.25, -0.2) is 4.98 Å². The smallest absolute Gasteiger partial charge is 0.278 e. The van der Waals surface area contributed by atoms with Crippen molar-refractivity contribution in [1.82, 2.24) is 15.4 Å². The summed E-state index contributed by atoms with van der Waals surface area (Å²) in [6.45, 7) is 9.63. The van der Waals surface area contributed by atoms with Crippen LogP contribution < -0.4 is 16.3 Å². The molecular formula is C22H25N5O2. The maximum atomic E-state index is 13.1. The number of benzene rings is 2. The van der Waals surface area contributed by atoms with Crippen molar-refractivity contribution in [3.8, 4) is 0 Å². The van der Waals surface area contributed by atoms with Crippen molar-refractivity contribution in [3.63, 3.8) is 0 Å². The minimum atomic E-state index is -0.510. The van der Waals surface area contributed by atoms with E-state index in [1.54, 1.807) is 12.1 Å². The van der Waals surface area contributed by atoms with E-state index in [0.29, 0.717) is 16.7 Å². The maximum Gasteiger partial charge on any atom is 0.278 e. The molecule has 3 aromatic rings. The van der Waals surface area contributed by atoms with Gasteiger partial charge in [-0.2, -0.15) is 5.10 Å². The number of H-pyrrole nitrogens is 1. The summed E-state index contributed by atoms with van der Waals surface area (Å²) in [6, 6.07) is 12.8. The summed E-state index contributed by atoms with van der Waals surface area (Å²) in [5, 5.41) is 7.11. The number of carbonyl (C=O) groups excluding carboxylic acids is 1. The molecule has 0 aliphatic rings. The number of aryl methyl sites for hydroxylation is 1. The van der Waals surface area contributed by atoms with Gasteiger partial charge in [0, 0.05) is 11.2 Å². The predicted octanol–water partition coefficient (Wildman–Crippen LogP) is 3.27. The lowest BCUT2D eigenvalue weighted by Gasteiger charge is -2.19. The monoisotopic (exact) mass is 391 g/mol. The number of nitrogens with one attached hydrogen (secondary N) is 3. The van der Waals surface area contributed by atoms with Gasteiger partial charge < -0.3 is 15.7 Å². The number of para-hydroxylation sites is 2. The number of hydrogen-bond acceptors (Lipinski definition) is 5. The average molecular weight is 391 g/mol. The highest BCUT2D eigenvalue weighted by atomic mass is 16.2. The van der Waals surface area contributed by atoms with E-state index in [2.05, 4.69) is 25.8 Å². The molecule has 150 valence electrons. The fourth-order valence-electron chi connectivity index (χ4n) is 2.69. The molecule has 0 radical (unpaired) electrons. The largest absolute Gasteiger partial charge is 0.320 e. The lowest BCUT2D eigenvalue weighted by Crippen LogP contribution is -2.37. The van der Waals surface area contributed by atoms with Gasteiger partial charge in [-0.15, -0.1) is 0 Å². The maximum absolute atomic E-state index is 13.1. The van der Waals surface area contributed by atoms with Crippen LogP contribution in [0.1, 0.15) is 37.6 Å². The first kappa shape index (κ1) is 20.3. The third-order valence-corrected chi connectivity index (χ3v) is 4.39. The molecule has 0 saturated carbocycles. The zero-order valence-corrected chi connectivity index (χ0v) is 17.3. The van der Waals surface area contributed by atoms with Crippen LogP contribution in [0.5, 0.6) is 0 Å². The van der Waals surface area contributed by atoms with E-state index in [0.717, 1.165) is 11.1 Å². The van der Waals surface area contributed by atoms with Crippen LogP contribution in [0.3, 0.4) is 0 Å². The molecule has 0 fully saturated rings. The molecule has 1 heterocycles. The van der Waals surface area contributed by atoms with Crippen LogP contribution in [-0.2, 0) is 4.79 Å². The third kappa shape index (κ3) is 4.68. The minimum Gasteiger partial charge on any atom is -0.320 e. The summed E-state index contributed by atoms with van der Waals surface area (Å²) in [5.41, 5.74) is 5.77. The molecule has 7 heteroatoms. The Morgan fingerprint density at radius 1 is 1.07 bits per heavy atom. The molecule has 7 nitrogen and oxygen atoms in total. The molecule has 0 aliphatic carbocycles. The highest BCUT2D eigenvalue weighted by Gasteiger charge is 2.22. The number of hydrazone groups is 1. The second kappa shape index (κ2) is 7.87. The zero-order valence-electron chi connectivity index (χ0n) is 17.3. The van der Waals surface area contributed by atoms with Crippen molar-refractivity contribution in [3.05, 3.63) is 69.6 Å². The number of anilines is 1. The average Bonchev–Trinajstić information content (AvgIpc) is 2.65. The van der Waals surface area contributed by atoms with Crippen LogP contribution in [0.15, 0.2) is 52.4 Å². The summed E-state index contributed by atoms with van der Waals surface area (Å²) >= 11 is 0. The second-order valence-corrected chi connectivity index (χ2v) is 7.96. The molecule has 2 aromatic carbocycles. The molecule has 1 aromatic heterocycles. The summed E-state index contributed by atoms with van der Waals surface area (Å²) in [4.78, 5) is 32.9. The van der Waals surface area contributed by atoms with Crippen molar-refractivity contribution in [1.29, 1.82) is 0 Å². The number of aromatic amines is 1. The van der Waals surface area contributed by atoms with E-state index in [1.807, 2.05) is 65.0 Å². The molecule has 0 bridgehead atoms. The summed E-state index contributed by atoms with van der Waals surface area (Å²) < 4.78 is 0. The topological polar surface area (TPSA) is 99.2 Å². The van der Waals surface area contributed by atoms with Crippen molar-refractivity contribution >= 4 is 28.3 Å². The highest BCUT2D eigenvalue weighted by Crippen LogP contribution is 2.18. The van der Waals surface area contributed by atoms with Gasteiger partial charge in [-0.1, -0.05) is 24.3 Å².